The minimum absolute atomic E-state index is 0.266. The molecule has 2 heterocycles. The van der Waals surface area contributed by atoms with E-state index in [1.54, 1.807) is 25.1 Å². The molecule has 1 amide bonds. The molecule has 150 valence electrons. The number of fused-ring (bicyclic) bond motifs is 2. The van der Waals surface area contributed by atoms with Crippen molar-refractivity contribution in [3.8, 4) is 11.5 Å². The van der Waals surface area contributed by atoms with Crippen LogP contribution in [-0.2, 0) is 6.54 Å². The van der Waals surface area contributed by atoms with Crippen LogP contribution in [0.25, 0.3) is 11.0 Å². The summed E-state index contributed by atoms with van der Waals surface area (Å²) in [7, 11) is 0. The predicted octanol–water partition coefficient (Wildman–Crippen LogP) is 1.97. The molecule has 0 saturated heterocycles. The van der Waals surface area contributed by atoms with Crippen molar-refractivity contribution < 1.29 is 14.3 Å². The van der Waals surface area contributed by atoms with Crippen LogP contribution >= 0.6 is 0 Å². The molecule has 3 aromatic rings. The van der Waals surface area contributed by atoms with Crippen LogP contribution < -0.4 is 25.9 Å². The molecule has 4 rings (SSSR count). The smallest absolute Gasteiger partial charge is 0.316 e. The van der Waals surface area contributed by atoms with Gasteiger partial charge in [-0.05, 0) is 49.7 Å². The maximum Gasteiger partial charge on any atom is 0.316 e. The maximum atomic E-state index is 12.7. The zero-order valence-electron chi connectivity index (χ0n) is 16.2. The number of ether oxygens (including phenoxy) is 2. The first kappa shape index (κ1) is 18.8. The average molecular weight is 395 g/mol. The zero-order valence-corrected chi connectivity index (χ0v) is 16.2. The summed E-state index contributed by atoms with van der Waals surface area (Å²) in [5, 5.41) is 2.94. The van der Waals surface area contributed by atoms with E-state index in [0.29, 0.717) is 47.9 Å². The van der Waals surface area contributed by atoms with Crippen molar-refractivity contribution in [1.82, 2.24) is 14.9 Å². The Hall–Kier alpha value is -3.55. The lowest BCUT2D eigenvalue weighted by molar-refractivity contribution is 0.0940. The van der Waals surface area contributed by atoms with E-state index in [4.69, 9.17) is 9.47 Å². The van der Waals surface area contributed by atoms with Crippen molar-refractivity contribution in [2.75, 3.05) is 13.2 Å². The van der Waals surface area contributed by atoms with Gasteiger partial charge in [-0.15, -0.1) is 0 Å². The Morgan fingerprint density at radius 2 is 1.90 bits per heavy atom. The van der Waals surface area contributed by atoms with Gasteiger partial charge in [0.15, 0.2) is 11.5 Å². The number of hydrogen-bond donors (Lipinski definition) is 2. The Bertz CT molecular complexity index is 1210. The summed E-state index contributed by atoms with van der Waals surface area (Å²) in [5.74, 6) is 1.07. The van der Waals surface area contributed by atoms with Crippen LogP contribution in [0.2, 0.25) is 0 Å². The number of rotatable bonds is 4. The summed E-state index contributed by atoms with van der Waals surface area (Å²) in [5.41, 5.74) is 0.978. The normalized spacial score (nSPS) is 13.9. The molecule has 29 heavy (non-hydrogen) atoms. The summed E-state index contributed by atoms with van der Waals surface area (Å²) < 4.78 is 12.5. The van der Waals surface area contributed by atoms with Crippen LogP contribution in [0.3, 0.4) is 0 Å². The van der Waals surface area contributed by atoms with Gasteiger partial charge in [0.2, 0.25) is 0 Å². The van der Waals surface area contributed by atoms with Crippen LogP contribution in [0, 0.1) is 0 Å². The number of amides is 1. The molecule has 1 aliphatic heterocycles. The van der Waals surface area contributed by atoms with Gasteiger partial charge in [-0.25, -0.2) is 0 Å². The fourth-order valence-electron chi connectivity index (χ4n) is 3.43. The standard InChI is InChI=1S/C21H21N3O5/c1-3-24-16-6-4-14(10-15(16)23-20(26)21(24)27)19(25)22-12(2)13-5-7-17-18(11-13)29-9-8-28-17/h4-7,10-12H,3,8-9H2,1-2H3,(H,22,25)(H,23,26)/t12-/m1/s1. The third-order valence-electron chi connectivity index (χ3n) is 4.97. The number of carbonyl (C=O) groups is 1. The highest BCUT2D eigenvalue weighted by atomic mass is 16.6. The lowest BCUT2D eigenvalue weighted by Crippen LogP contribution is -2.36. The Morgan fingerprint density at radius 3 is 2.66 bits per heavy atom. The number of aromatic nitrogens is 2. The maximum absolute atomic E-state index is 12.7. The molecule has 0 unspecified atom stereocenters. The first-order valence-electron chi connectivity index (χ1n) is 9.45. The summed E-state index contributed by atoms with van der Waals surface area (Å²) in [4.78, 5) is 39.1. The molecule has 0 saturated carbocycles. The monoisotopic (exact) mass is 395 g/mol. The molecule has 2 N–H and O–H groups in total. The molecule has 1 atom stereocenters. The van der Waals surface area contributed by atoms with Crippen molar-refractivity contribution in [3.63, 3.8) is 0 Å². The summed E-state index contributed by atoms with van der Waals surface area (Å²) >= 11 is 0. The van der Waals surface area contributed by atoms with Crippen LogP contribution in [0.4, 0.5) is 0 Å². The van der Waals surface area contributed by atoms with E-state index in [9.17, 15) is 14.4 Å². The third-order valence-corrected chi connectivity index (χ3v) is 4.97. The molecular formula is C21H21N3O5. The number of carbonyl (C=O) groups excluding carboxylic acids is 1. The first-order valence-corrected chi connectivity index (χ1v) is 9.45. The van der Waals surface area contributed by atoms with Crippen LogP contribution in [0.5, 0.6) is 11.5 Å². The number of nitrogens with zero attached hydrogens (tertiary/aromatic N) is 1. The van der Waals surface area contributed by atoms with Gasteiger partial charge in [-0.1, -0.05) is 6.07 Å². The Balaban J connectivity index is 1.59. The van der Waals surface area contributed by atoms with Crippen molar-refractivity contribution in [3.05, 3.63) is 68.2 Å². The highest BCUT2D eigenvalue weighted by molar-refractivity contribution is 5.97. The molecule has 0 fully saturated rings. The first-order chi connectivity index (χ1) is 14.0. The number of aromatic amines is 1. The molecule has 0 aliphatic carbocycles. The van der Waals surface area contributed by atoms with Gasteiger partial charge in [0.25, 0.3) is 5.91 Å². The van der Waals surface area contributed by atoms with Gasteiger partial charge in [0.05, 0.1) is 17.1 Å². The van der Waals surface area contributed by atoms with Gasteiger partial charge in [-0.3, -0.25) is 14.4 Å². The van der Waals surface area contributed by atoms with Gasteiger partial charge in [-0.2, -0.15) is 0 Å². The van der Waals surface area contributed by atoms with E-state index in [0.717, 1.165) is 5.56 Å². The van der Waals surface area contributed by atoms with Gasteiger partial charge < -0.3 is 24.3 Å². The number of benzene rings is 2. The minimum Gasteiger partial charge on any atom is -0.486 e. The second-order valence-corrected chi connectivity index (χ2v) is 6.83. The van der Waals surface area contributed by atoms with Crippen molar-refractivity contribution >= 4 is 16.9 Å². The predicted molar refractivity (Wildman–Crippen MR) is 108 cm³/mol. The van der Waals surface area contributed by atoms with E-state index in [1.165, 1.54) is 4.57 Å². The Kier molecular flexibility index (Phi) is 4.84. The highest BCUT2D eigenvalue weighted by Gasteiger charge is 2.17. The molecule has 1 aliphatic rings. The van der Waals surface area contributed by atoms with Crippen molar-refractivity contribution in [2.45, 2.75) is 26.4 Å². The summed E-state index contributed by atoms with van der Waals surface area (Å²) in [6.07, 6.45) is 0. The van der Waals surface area contributed by atoms with Gasteiger partial charge in [0, 0.05) is 12.1 Å². The zero-order chi connectivity index (χ0) is 20.5. The van der Waals surface area contributed by atoms with Gasteiger partial charge >= 0.3 is 11.1 Å². The van der Waals surface area contributed by atoms with E-state index in [1.807, 2.05) is 25.1 Å². The van der Waals surface area contributed by atoms with Crippen LogP contribution in [-0.4, -0.2) is 28.7 Å². The molecule has 0 bridgehead atoms. The minimum atomic E-state index is -0.707. The fourth-order valence-corrected chi connectivity index (χ4v) is 3.43. The summed E-state index contributed by atoms with van der Waals surface area (Å²) in [6, 6.07) is 10.2. The lowest BCUT2D eigenvalue weighted by atomic mass is 10.1. The number of aryl methyl sites for hydroxylation is 1. The molecule has 8 nitrogen and oxygen atoms in total. The molecule has 1 aromatic heterocycles. The molecule has 0 spiro atoms. The van der Waals surface area contributed by atoms with E-state index in [2.05, 4.69) is 10.3 Å². The van der Waals surface area contributed by atoms with Crippen LogP contribution in [0.1, 0.15) is 35.8 Å². The average Bonchev–Trinajstić information content (AvgIpc) is 2.74. The van der Waals surface area contributed by atoms with Crippen LogP contribution in [0.15, 0.2) is 46.0 Å². The van der Waals surface area contributed by atoms with E-state index in [-0.39, 0.29) is 11.9 Å². The van der Waals surface area contributed by atoms with Crippen molar-refractivity contribution in [2.24, 2.45) is 0 Å². The largest absolute Gasteiger partial charge is 0.486 e. The summed E-state index contributed by atoms with van der Waals surface area (Å²) in [6.45, 7) is 5.05. The topological polar surface area (TPSA) is 102 Å². The lowest BCUT2D eigenvalue weighted by Gasteiger charge is -2.21. The fraction of sp³-hybridized carbons (Fsp3) is 0.286. The quantitative estimate of drug-likeness (QED) is 0.658. The van der Waals surface area contributed by atoms with E-state index >= 15 is 0 Å². The molecule has 8 heteroatoms. The molecular weight excluding hydrogens is 374 g/mol. The van der Waals surface area contributed by atoms with E-state index < -0.39 is 11.1 Å². The third kappa shape index (κ3) is 3.49. The Morgan fingerprint density at radius 1 is 1.14 bits per heavy atom. The SMILES string of the molecule is CCn1c(=O)c(=O)[nH]c2cc(C(=O)N[C@H](C)c3ccc4c(c3)OCCO4)ccc21. The highest BCUT2D eigenvalue weighted by Crippen LogP contribution is 2.32. The number of nitrogens with one attached hydrogen (secondary N) is 2. The molecule has 2 aromatic carbocycles. The van der Waals surface area contributed by atoms with Crippen molar-refractivity contribution in [1.29, 1.82) is 0 Å². The second-order valence-electron chi connectivity index (χ2n) is 6.83. The second kappa shape index (κ2) is 7.46. The Labute approximate surface area is 166 Å². The number of hydrogen-bond acceptors (Lipinski definition) is 5. The molecule has 0 radical (unpaired) electrons. The number of H-pyrrole nitrogens is 1. The van der Waals surface area contributed by atoms with Gasteiger partial charge in [0.1, 0.15) is 13.2 Å².